The average molecular weight is 294 g/mol. The maximum Gasteiger partial charge on any atom is 0.326 e. The lowest BCUT2D eigenvalue weighted by molar-refractivity contribution is -0.139. The van der Waals surface area contributed by atoms with Gasteiger partial charge in [0.05, 0.1) is 0 Å². The number of carboxylic acids is 1. The van der Waals surface area contributed by atoms with E-state index in [1.165, 1.54) is 0 Å². The fourth-order valence-corrected chi connectivity index (χ4v) is 2.32. The topological polar surface area (TPSA) is 78.4 Å². The smallest absolute Gasteiger partial charge is 0.326 e. The molecule has 21 heavy (non-hydrogen) atoms. The van der Waals surface area contributed by atoms with Crippen LogP contribution >= 0.6 is 0 Å². The Kier molecular flexibility index (Phi) is 4.45. The van der Waals surface area contributed by atoms with E-state index in [-0.39, 0.29) is 18.3 Å². The molecule has 0 bridgehead atoms. The van der Waals surface area contributed by atoms with Gasteiger partial charge in [0.2, 0.25) is 0 Å². The van der Waals surface area contributed by atoms with E-state index in [4.69, 9.17) is 5.11 Å². The Morgan fingerprint density at radius 3 is 2.38 bits per heavy atom. The average Bonchev–Trinajstić information content (AvgIpc) is 3.23. The number of hydrogen-bond acceptors (Lipinski definition) is 2. The number of hydrogen-bond donors (Lipinski definition) is 3. The molecule has 1 saturated carbocycles. The quantitative estimate of drug-likeness (QED) is 0.778. The Bertz CT molecular complexity index is 547. The van der Waals surface area contributed by atoms with Crippen LogP contribution < -0.4 is 10.6 Å². The summed E-state index contributed by atoms with van der Waals surface area (Å²) in [6, 6.07) is 1.98. The predicted molar refractivity (Wildman–Crippen MR) is 75.4 cm³/mol. The summed E-state index contributed by atoms with van der Waals surface area (Å²) in [6.07, 6.45) is 1.65. The number of amides is 2. The van der Waals surface area contributed by atoms with Gasteiger partial charge in [-0.05, 0) is 49.3 Å². The maximum atomic E-state index is 13.5. The van der Waals surface area contributed by atoms with Gasteiger partial charge in [0.25, 0.3) is 0 Å². The van der Waals surface area contributed by atoms with Crippen molar-refractivity contribution >= 4 is 12.0 Å². The van der Waals surface area contributed by atoms with Crippen LogP contribution in [0, 0.1) is 25.6 Å². The maximum absolute atomic E-state index is 13.5. The van der Waals surface area contributed by atoms with Crippen molar-refractivity contribution in [1.29, 1.82) is 0 Å². The normalized spacial score (nSPS) is 15.4. The minimum absolute atomic E-state index is 0.0311. The molecule has 1 fully saturated rings. The molecule has 2 amide bonds. The Balaban J connectivity index is 1.90. The molecule has 1 unspecified atom stereocenters. The first-order valence-corrected chi connectivity index (χ1v) is 6.91. The number of halogens is 1. The van der Waals surface area contributed by atoms with E-state index in [1.54, 1.807) is 26.0 Å². The first-order chi connectivity index (χ1) is 9.88. The van der Waals surface area contributed by atoms with E-state index < -0.39 is 18.0 Å². The molecule has 0 heterocycles. The summed E-state index contributed by atoms with van der Waals surface area (Å²) in [5.74, 6) is -1.23. The molecule has 5 nitrogen and oxygen atoms in total. The van der Waals surface area contributed by atoms with E-state index in [0.29, 0.717) is 11.1 Å². The molecule has 1 aliphatic carbocycles. The lowest BCUT2D eigenvalue weighted by Crippen LogP contribution is -2.46. The monoisotopic (exact) mass is 294 g/mol. The third-order valence-electron chi connectivity index (χ3n) is 3.60. The van der Waals surface area contributed by atoms with Crippen molar-refractivity contribution in [2.45, 2.75) is 39.3 Å². The second kappa shape index (κ2) is 6.11. The van der Waals surface area contributed by atoms with Gasteiger partial charge < -0.3 is 15.7 Å². The van der Waals surface area contributed by atoms with E-state index in [2.05, 4.69) is 10.6 Å². The van der Waals surface area contributed by atoms with Crippen molar-refractivity contribution in [2.24, 2.45) is 5.92 Å². The Morgan fingerprint density at radius 1 is 1.33 bits per heavy atom. The van der Waals surface area contributed by atoms with Crippen LogP contribution in [0.25, 0.3) is 0 Å². The summed E-state index contributed by atoms with van der Waals surface area (Å²) in [4.78, 5) is 22.8. The number of carbonyl (C=O) groups is 2. The molecule has 1 atom stereocenters. The highest BCUT2D eigenvalue weighted by Gasteiger charge is 2.37. The third kappa shape index (κ3) is 3.93. The SMILES string of the molecule is Cc1cc(CNC(=O)NC(C(=O)O)C2CC2)cc(C)c1F. The zero-order valence-electron chi connectivity index (χ0n) is 12.1. The molecule has 114 valence electrons. The molecule has 0 spiro atoms. The second-order valence-corrected chi connectivity index (χ2v) is 5.52. The van der Waals surface area contributed by atoms with Crippen LogP contribution in [0.3, 0.4) is 0 Å². The van der Waals surface area contributed by atoms with Gasteiger partial charge in [0.15, 0.2) is 0 Å². The number of aliphatic carboxylic acids is 1. The molecule has 0 radical (unpaired) electrons. The number of benzene rings is 1. The molecule has 6 heteroatoms. The molecule has 1 aromatic rings. The molecule has 0 saturated heterocycles. The lowest BCUT2D eigenvalue weighted by Gasteiger charge is -2.14. The molecular formula is C15H19FN2O3. The van der Waals surface area contributed by atoms with Crippen LogP contribution in [0.1, 0.15) is 29.5 Å². The van der Waals surface area contributed by atoms with Crippen molar-refractivity contribution in [3.63, 3.8) is 0 Å². The molecule has 1 aliphatic rings. The number of carboxylic acid groups (broad SMARTS) is 1. The molecule has 3 N–H and O–H groups in total. The number of aryl methyl sites for hydroxylation is 2. The van der Waals surface area contributed by atoms with Gasteiger partial charge in [-0.1, -0.05) is 12.1 Å². The molecule has 0 aliphatic heterocycles. The van der Waals surface area contributed by atoms with Crippen LogP contribution in [0.5, 0.6) is 0 Å². The summed E-state index contributed by atoms with van der Waals surface area (Å²) in [5, 5.41) is 14.1. The molecule has 2 rings (SSSR count). The van der Waals surface area contributed by atoms with Gasteiger partial charge in [-0.15, -0.1) is 0 Å². The summed E-state index contributed by atoms with van der Waals surface area (Å²) in [7, 11) is 0. The highest BCUT2D eigenvalue weighted by Crippen LogP contribution is 2.32. The van der Waals surface area contributed by atoms with E-state index in [1.807, 2.05) is 0 Å². The van der Waals surface area contributed by atoms with Gasteiger partial charge in [0, 0.05) is 6.54 Å². The van der Waals surface area contributed by atoms with E-state index >= 15 is 0 Å². The molecule has 0 aromatic heterocycles. The van der Waals surface area contributed by atoms with Crippen molar-refractivity contribution in [2.75, 3.05) is 0 Å². The first-order valence-electron chi connectivity index (χ1n) is 6.91. The van der Waals surface area contributed by atoms with Crippen LogP contribution in [-0.2, 0) is 11.3 Å². The van der Waals surface area contributed by atoms with Gasteiger partial charge in [-0.25, -0.2) is 14.0 Å². The number of nitrogens with one attached hydrogen (secondary N) is 2. The highest BCUT2D eigenvalue weighted by atomic mass is 19.1. The minimum atomic E-state index is -1.01. The number of carbonyl (C=O) groups excluding carboxylic acids is 1. The Morgan fingerprint density at radius 2 is 1.90 bits per heavy atom. The third-order valence-corrected chi connectivity index (χ3v) is 3.60. The van der Waals surface area contributed by atoms with Crippen LogP contribution in [0.4, 0.5) is 9.18 Å². The summed E-state index contributed by atoms with van der Waals surface area (Å²) in [5.41, 5.74) is 1.82. The summed E-state index contributed by atoms with van der Waals surface area (Å²) < 4.78 is 13.5. The van der Waals surface area contributed by atoms with Crippen LogP contribution in [0.2, 0.25) is 0 Å². The van der Waals surface area contributed by atoms with E-state index in [0.717, 1.165) is 18.4 Å². The van der Waals surface area contributed by atoms with Crippen molar-refractivity contribution in [3.8, 4) is 0 Å². The lowest BCUT2D eigenvalue weighted by atomic mass is 10.1. The van der Waals surface area contributed by atoms with E-state index in [9.17, 15) is 14.0 Å². The van der Waals surface area contributed by atoms with Crippen molar-refractivity contribution in [1.82, 2.24) is 10.6 Å². The summed E-state index contributed by atoms with van der Waals surface area (Å²) in [6.45, 7) is 3.56. The highest BCUT2D eigenvalue weighted by molar-refractivity contribution is 5.83. The number of rotatable bonds is 5. The number of urea groups is 1. The fourth-order valence-electron chi connectivity index (χ4n) is 2.32. The fraction of sp³-hybridized carbons (Fsp3) is 0.467. The zero-order chi connectivity index (χ0) is 15.6. The minimum Gasteiger partial charge on any atom is -0.480 e. The first kappa shape index (κ1) is 15.3. The predicted octanol–water partition coefficient (Wildman–Crippen LogP) is 2.10. The zero-order valence-corrected chi connectivity index (χ0v) is 12.1. The standard InChI is InChI=1S/C15H19FN2O3/c1-8-5-10(6-9(2)12(8)16)7-17-15(21)18-13(14(19)20)11-3-4-11/h5-6,11,13H,3-4,7H2,1-2H3,(H,19,20)(H2,17,18,21). The van der Waals surface area contributed by atoms with Crippen LogP contribution in [-0.4, -0.2) is 23.1 Å². The Labute approximate surface area is 122 Å². The largest absolute Gasteiger partial charge is 0.480 e. The summed E-state index contributed by atoms with van der Waals surface area (Å²) >= 11 is 0. The van der Waals surface area contributed by atoms with Gasteiger partial charge in [-0.3, -0.25) is 0 Å². The Hall–Kier alpha value is -2.11. The van der Waals surface area contributed by atoms with Crippen molar-refractivity contribution < 1.29 is 19.1 Å². The van der Waals surface area contributed by atoms with Crippen molar-refractivity contribution in [3.05, 3.63) is 34.6 Å². The molecular weight excluding hydrogens is 275 g/mol. The molecule has 1 aromatic carbocycles. The van der Waals surface area contributed by atoms with Gasteiger partial charge in [0.1, 0.15) is 11.9 Å². The van der Waals surface area contributed by atoms with Gasteiger partial charge in [-0.2, -0.15) is 0 Å². The van der Waals surface area contributed by atoms with Gasteiger partial charge >= 0.3 is 12.0 Å². The second-order valence-electron chi connectivity index (χ2n) is 5.52. The van der Waals surface area contributed by atoms with Crippen LogP contribution in [0.15, 0.2) is 12.1 Å².